The van der Waals surface area contributed by atoms with Gasteiger partial charge in [0.25, 0.3) is 0 Å². The number of alkyl halides is 3. The molecule has 118 valence electrons. The molecule has 1 rings (SSSR count). The lowest BCUT2D eigenvalue weighted by Crippen LogP contribution is -2.15. The summed E-state index contributed by atoms with van der Waals surface area (Å²) in [6.07, 6.45) is -4.06. The Balaban J connectivity index is 2.75. The van der Waals surface area contributed by atoms with Gasteiger partial charge in [-0.05, 0) is 12.0 Å². The van der Waals surface area contributed by atoms with Crippen LogP contribution in [-0.4, -0.2) is 29.7 Å². The van der Waals surface area contributed by atoms with Gasteiger partial charge in [-0.15, -0.1) is 0 Å². The third-order valence-corrected chi connectivity index (χ3v) is 2.38. The molecule has 21 heavy (non-hydrogen) atoms. The van der Waals surface area contributed by atoms with Gasteiger partial charge in [-0.3, -0.25) is 10.1 Å². The van der Waals surface area contributed by atoms with Crippen LogP contribution in [0.2, 0.25) is 0 Å². The fraction of sp³-hybridized carbons (Fsp3) is 0.583. The van der Waals surface area contributed by atoms with Crippen LogP contribution in [0.3, 0.4) is 0 Å². The summed E-state index contributed by atoms with van der Waals surface area (Å²) in [6.45, 7) is 4.81. The first-order chi connectivity index (χ1) is 9.71. The summed E-state index contributed by atoms with van der Waals surface area (Å²) in [6, 6.07) is 0.626. The minimum Gasteiger partial charge on any atom is -0.379 e. The van der Waals surface area contributed by atoms with Crippen molar-refractivity contribution in [3.8, 4) is 0 Å². The van der Waals surface area contributed by atoms with E-state index in [0.717, 1.165) is 0 Å². The van der Waals surface area contributed by atoms with Crippen LogP contribution in [0.15, 0.2) is 12.3 Å². The van der Waals surface area contributed by atoms with E-state index in [4.69, 9.17) is 4.74 Å². The Kier molecular flexibility index (Phi) is 5.89. The zero-order chi connectivity index (χ0) is 16.0. The fourth-order valence-corrected chi connectivity index (χ4v) is 1.47. The van der Waals surface area contributed by atoms with Crippen molar-refractivity contribution in [3.63, 3.8) is 0 Å². The number of ether oxygens (including phenoxy) is 1. The molecule has 0 amide bonds. The number of halogens is 3. The summed E-state index contributed by atoms with van der Waals surface area (Å²) in [5, 5.41) is 13.3. The number of nitro groups is 1. The molecule has 1 N–H and O–H groups in total. The van der Waals surface area contributed by atoms with E-state index < -0.39 is 22.5 Å². The Bertz CT molecular complexity index is 492. The van der Waals surface area contributed by atoms with Crippen LogP contribution in [0.5, 0.6) is 0 Å². The number of aromatic nitrogens is 1. The van der Waals surface area contributed by atoms with Crippen LogP contribution in [0.25, 0.3) is 0 Å². The van der Waals surface area contributed by atoms with Crippen LogP contribution in [0, 0.1) is 16.0 Å². The number of pyridine rings is 1. The number of hydrogen-bond donors (Lipinski definition) is 1. The average Bonchev–Trinajstić information content (AvgIpc) is 2.36. The van der Waals surface area contributed by atoms with Gasteiger partial charge < -0.3 is 10.1 Å². The van der Waals surface area contributed by atoms with Crippen molar-refractivity contribution in [3.05, 3.63) is 28.1 Å². The fourth-order valence-electron chi connectivity index (χ4n) is 1.47. The van der Waals surface area contributed by atoms with Gasteiger partial charge in [-0.25, -0.2) is 4.98 Å². The summed E-state index contributed by atoms with van der Waals surface area (Å²) in [7, 11) is 0. The van der Waals surface area contributed by atoms with Gasteiger partial charge >= 0.3 is 11.9 Å². The Labute approximate surface area is 119 Å². The molecule has 0 saturated heterocycles. The molecule has 0 unspecified atom stereocenters. The van der Waals surface area contributed by atoms with E-state index in [1.807, 2.05) is 13.8 Å². The highest BCUT2D eigenvalue weighted by atomic mass is 19.4. The zero-order valence-electron chi connectivity index (χ0n) is 11.6. The third kappa shape index (κ3) is 5.54. The van der Waals surface area contributed by atoms with Crippen LogP contribution < -0.4 is 5.32 Å². The van der Waals surface area contributed by atoms with Gasteiger partial charge in [-0.2, -0.15) is 13.2 Å². The van der Waals surface area contributed by atoms with Crippen molar-refractivity contribution in [2.24, 2.45) is 5.92 Å². The molecule has 0 aliphatic rings. The maximum atomic E-state index is 12.5. The molecule has 9 heteroatoms. The Morgan fingerprint density at radius 3 is 2.67 bits per heavy atom. The average molecular weight is 307 g/mol. The molecular formula is C12H16F3N3O3. The number of anilines is 1. The van der Waals surface area contributed by atoms with E-state index in [1.165, 1.54) is 0 Å². The minimum absolute atomic E-state index is 0.162. The van der Waals surface area contributed by atoms with Gasteiger partial charge in [-0.1, -0.05) is 13.8 Å². The molecule has 0 aliphatic carbocycles. The van der Waals surface area contributed by atoms with E-state index >= 15 is 0 Å². The second kappa shape index (κ2) is 7.21. The van der Waals surface area contributed by atoms with Crippen molar-refractivity contribution in [1.29, 1.82) is 0 Å². The number of rotatable bonds is 7. The second-order valence-corrected chi connectivity index (χ2v) is 4.74. The maximum absolute atomic E-state index is 12.5. The summed E-state index contributed by atoms with van der Waals surface area (Å²) in [5.74, 6) is 0.331. The predicted molar refractivity (Wildman–Crippen MR) is 70.0 cm³/mol. The van der Waals surface area contributed by atoms with E-state index in [2.05, 4.69) is 10.3 Å². The lowest BCUT2D eigenvalue weighted by molar-refractivity contribution is -0.384. The summed E-state index contributed by atoms with van der Waals surface area (Å²) >= 11 is 0. The standard InChI is InChI=1S/C12H16F3N3O3/c1-8(2)7-21-4-3-16-9-5-11(12(13,14)15)17-6-10(9)18(19)20/h5-6,8H,3-4,7H2,1-2H3,(H,16,17). The lowest BCUT2D eigenvalue weighted by atomic mass is 10.2. The highest BCUT2D eigenvalue weighted by molar-refractivity contribution is 5.61. The summed E-state index contributed by atoms with van der Waals surface area (Å²) < 4.78 is 42.9. The van der Waals surface area contributed by atoms with Gasteiger partial charge in [0.1, 0.15) is 17.6 Å². The molecule has 6 nitrogen and oxygen atoms in total. The van der Waals surface area contributed by atoms with E-state index in [9.17, 15) is 23.3 Å². The Morgan fingerprint density at radius 1 is 1.48 bits per heavy atom. The van der Waals surface area contributed by atoms with Crippen molar-refractivity contribution < 1.29 is 22.8 Å². The largest absolute Gasteiger partial charge is 0.433 e. The number of nitrogens with zero attached hydrogens (tertiary/aromatic N) is 2. The molecule has 0 radical (unpaired) electrons. The molecule has 1 aromatic rings. The SMILES string of the molecule is CC(C)COCCNc1cc(C(F)(F)F)ncc1[N+](=O)[O-]. The monoisotopic (exact) mass is 307 g/mol. The molecule has 0 spiro atoms. The van der Waals surface area contributed by atoms with E-state index in [0.29, 0.717) is 24.8 Å². The maximum Gasteiger partial charge on any atom is 0.433 e. The molecule has 0 aliphatic heterocycles. The van der Waals surface area contributed by atoms with Gasteiger partial charge in [0.15, 0.2) is 0 Å². The molecule has 0 atom stereocenters. The Morgan fingerprint density at radius 2 is 2.14 bits per heavy atom. The normalized spacial score (nSPS) is 11.7. The molecule has 1 heterocycles. The third-order valence-electron chi connectivity index (χ3n) is 2.38. The zero-order valence-corrected chi connectivity index (χ0v) is 11.6. The molecule has 0 bridgehead atoms. The van der Waals surface area contributed by atoms with Crippen LogP contribution in [0.4, 0.5) is 24.5 Å². The molecule has 1 aromatic heterocycles. The van der Waals surface area contributed by atoms with E-state index in [-0.39, 0.29) is 18.8 Å². The highest BCUT2D eigenvalue weighted by Gasteiger charge is 2.34. The number of nitrogens with one attached hydrogen (secondary N) is 1. The molecule has 0 saturated carbocycles. The first-order valence-corrected chi connectivity index (χ1v) is 6.25. The number of hydrogen-bond acceptors (Lipinski definition) is 5. The second-order valence-electron chi connectivity index (χ2n) is 4.74. The predicted octanol–water partition coefficient (Wildman–Crippen LogP) is 3.09. The van der Waals surface area contributed by atoms with Crippen molar-refractivity contribution in [2.75, 3.05) is 25.1 Å². The molecular weight excluding hydrogens is 291 g/mol. The lowest BCUT2D eigenvalue weighted by Gasteiger charge is -2.11. The first-order valence-electron chi connectivity index (χ1n) is 6.25. The van der Waals surface area contributed by atoms with Crippen LogP contribution in [0.1, 0.15) is 19.5 Å². The minimum atomic E-state index is -4.65. The van der Waals surface area contributed by atoms with E-state index in [1.54, 1.807) is 0 Å². The smallest absolute Gasteiger partial charge is 0.379 e. The first kappa shape index (κ1) is 17.2. The molecule has 0 fully saturated rings. The van der Waals surface area contributed by atoms with Gasteiger partial charge in [0, 0.05) is 13.2 Å². The quantitative estimate of drug-likeness (QED) is 0.476. The Hall–Kier alpha value is -1.90. The van der Waals surface area contributed by atoms with Crippen molar-refractivity contribution in [2.45, 2.75) is 20.0 Å². The van der Waals surface area contributed by atoms with Crippen LogP contribution in [-0.2, 0) is 10.9 Å². The summed E-state index contributed by atoms with van der Waals surface area (Å²) in [4.78, 5) is 13.0. The van der Waals surface area contributed by atoms with Crippen LogP contribution >= 0.6 is 0 Å². The van der Waals surface area contributed by atoms with Gasteiger partial charge in [0.05, 0.1) is 11.5 Å². The highest BCUT2D eigenvalue weighted by Crippen LogP contribution is 2.32. The topological polar surface area (TPSA) is 77.3 Å². The van der Waals surface area contributed by atoms with Crippen molar-refractivity contribution in [1.82, 2.24) is 4.98 Å². The summed E-state index contributed by atoms with van der Waals surface area (Å²) in [5.41, 5.74) is -1.92. The molecule has 0 aromatic carbocycles. The van der Waals surface area contributed by atoms with Crippen molar-refractivity contribution >= 4 is 11.4 Å². The van der Waals surface area contributed by atoms with Gasteiger partial charge in [0.2, 0.25) is 0 Å².